The quantitative estimate of drug-likeness (QED) is 0.420. The molecule has 3 aromatic rings. The fourth-order valence-electron chi connectivity index (χ4n) is 2.74. The number of halogens is 1. The van der Waals surface area contributed by atoms with E-state index in [1.54, 1.807) is 12.1 Å². The maximum atomic E-state index is 13.0. The molecule has 7 heteroatoms. The van der Waals surface area contributed by atoms with Gasteiger partial charge in [-0.05, 0) is 35.2 Å². The molecule has 3 rings (SSSR count). The Hall–Kier alpha value is -3.35. The summed E-state index contributed by atoms with van der Waals surface area (Å²) in [6, 6.07) is 13.0. The molecule has 0 atom stereocenters. The number of ketones is 1. The Morgan fingerprint density at radius 1 is 1.03 bits per heavy atom. The van der Waals surface area contributed by atoms with E-state index in [4.69, 9.17) is 9.26 Å². The Labute approximate surface area is 174 Å². The second kappa shape index (κ2) is 8.98. The number of carbonyl (C=O) groups is 2. The van der Waals surface area contributed by atoms with E-state index in [-0.39, 0.29) is 42.4 Å². The van der Waals surface area contributed by atoms with Gasteiger partial charge in [-0.1, -0.05) is 50.2 Å². The minimum atomic E-state index is -0.531. The van der Waals surface area contributed by atoms with Gasteiger partial charge >= 0.3 is 5.97 Å². The SMILES string of the molecule is CC(C)(C)c1ccc(C(=O)COC(=O)CCc2nc(-c3ccc(F)cc3)no2)cc1. The maximum absolute atomic E-state index is 13.0. The third-order valence-electron chi connectivity index (χ3n) is 4.55. The molecule has 0 unspecified atom stereocenters. The number of rotatable bonds is 7. The first-order chi connectivity index (χ1) is 14.2. The Morgan fingerprint density at radius 3 is 2.33 bits per heavy atom. The summed E-state index contributed by atoms with van der Waals surface area (Å²) in [6.45, 7) is 5.96. The van der Waals surface area contributed by atoms with E-state index < -0.39 is 5.97 Å². The fraction of sp³-hybridized carbons (Fsp3) is 0.304. The minimum absolute atomic E-state index is 0.000642. The van der Waals surface area contributed by atoms with Crippen LogP contribution in [0.25, 0.3) is 11.4 Å². The zero-order valence-electron chi connectivity index (χ0n) is 17.1. The summed E-state index contributed by atoms with van der Waals surface area (Å²) in [5.41, 5.74) is 2.23. The van der Waals surface area contributed by atoms with Gasteiger partial charge in [0, 0.05) is 17.5 Å². The molecule has 30 heavy (non-hydrogen) atoms. The first-order valence-electron chi connectivity index (χ1n) is 9.60. The maximum Gasteiger partial charge on any atom is 0.306 e. The van der Waals surface area contributed by atoms with Crippen LogP contribution in [0.5, 0.6) is 0 Å². The summed E-state index contributed by atoms with van der Waals surface area (Å²) in [7, 11) is 0. The zero-order chi connectivity index (χ0) is 21.7. The lowest BCUT2D eigenvalue weighted by Gasteiger charge is -2.18. The van der Waals surface area contributed by atoms with Gasteiger partial charge in [0.1, 0.15) is 5.82 Å². The molecule has 0 fully saturated rings. The molecular weight excluding hydrogens is 387 g/mol. The van der Waals surface area contributed by atoms with Crippen LogP contribution in [-0.4, -0.2) is 28.5 Å². The lowest BCUT2D eigenvalue weighted by molar-refractivity contribution is -0.142. The number of hydrogen-bond donors (Lipinski definition) is 0. The number of nitrogens with zero attached hydrogens (tertiary/aromatic N) is 2. The van der Waals surface area contributed by atoms with Crippen LogP contribution in [0.4, 0.5) is 4.39 Å². The topological polar surface area (TPSA) is 82.3 Å². The normalized spacial score (nSPS) is 11.3. The van der Waals surface area contributed by atoms with Crippen molar-refractivity contribution in [2.24, 2.45) is 0 Å². The molecule has 0 spiro atoms. The Bertz CT molecular complexity index is 1020. The van der Waals surface area contributed by atoms with Crippen molar-refractivity contribution in [1.82, 2.24) is 10.1 Å². The van der Waals surface area contributed by atoms with Crippen LogP contribution in [0.3, 0.4) is 0 Å². The Balaban J connectivity index is 1.47. The molecule has 0 N–H and O–H groups in total. The van der Waals surface area contributed by atoms with E-state index in [0.717, 1.165) is 5.56 Å². The highest BCUT2D eigenvalue weighted by molar-refractivity contribution is 5.98. The van der Waals surface area contributed by atoms with Gasteiger partial charge in [-0.25, -0.2) is 4.39 Å². The number of esters is 1. The molecule has 0 amide bonds. The number of ether oxygens (including phenoxy) is 1. The van der Waals surface area contributed by atoms with E-state index >= 15 is 0 Å². The van der Waals surface area contributed by atoms with E-state index in [2.05, 4.69) is 30.9 Å². The number of hydrogen-bond acceptors (Lipinski definition) is 6. The highest BCUT2D eigenvalue weighted by Crippen LogP contribution is 2.22. The summed E-state index contributed by atoms with van der Waals surface area (Å²) in [4.78, 5) is 28.3. The van der Waals surface area contributed by atoms with Crippen LogP contribution in [0.2, 0.25) is 0 Å². The molecule has 0 aliphatic heterocycles. The van der Waals surface area contributed by atoms with Gasteiger partial charge < -0.3 is 9.26 Å². The fourth-order valence-corrected chi connectivity index (χ4v) is 2.74. The van der Waals surface area contributed by atoms with E-state index in [1.165, 1.54) is 24.3 Å². The van der Waals surface area contributed by atoms with Crippen molar-refractivity contribution in [3.05, 3.63) is 71.4 Å². The summed E-state index contributed by atoms with van der Waals surface area (Å²) < 4.78 is 23.1. The van der Waals surface area contributed by atoms with E-state index in [1.807, 2.05) is 12.1 Å². The van der Waals surface area contributed by atoms with Gasteiger partial charge in [-0.15, -0.1) is 0 Å². The molecule has 2 aromatic carbocycles. The van der Waals surface area contributed by atoms with Gasteiger partial charge in [0.2, 0.25) is 11.7 Å². The summed E-state index contributed by atoms with van der Waals surface area (Å²) in [5, 5.41) is 3.82. The molecule has 0 bridgehead atoms. The minimum Gasteiger partial charge on any atom is -0.457 e. The van der Waals surface area contributed by atoms with Crippen molar-refractivity contribution in [3.8, 4) is 11.4 Å². The van der Waals surface area contributed by atoms with Gasteiger partial charge in [-0.2, -0.15) is 4.98 Å². The van der Waals surface area contributed by atoms with Crippen molar-refractivity contribution < 1.29 is 23.2 Å². The molecule has 0 aliphatic rings. The first kappa shape index (κ1) is 21.4. The number of Topliss-reactive ketones (excluding diaryl/α,β-unsaturated/α-hetero) is 1. The zero-order valence-corrected chi connectivity index (χ0v) is 17.1. The molecule has 6 nitrogen and oxygen atoms in total. The first-order valence-corrected chi connectivity index (χ1v) is 9.60. The van der Waals surface area contributed by atoms with Gasteiger partial charge in [0.05, 0.1) is 6.42 Å². The standard InChI is InChI=1S/C23H23FN2O4/c1-23(2,3)17-8-4-15(5-9-17)19(27)14-29-21(28)13-12-20-25-22(26-30-20)16-6-10-18(24)11-7-16/h4-11H,12-14H2,1-3H3. The number of aromatic nitrogens is 2. The third kappa shape index (κ3) is 5.59. The summed E-state index contributed by atoms with van der Waals surface area (Å²) in [5.74, 6) is -0.580. The molecule has 0 saturated carbocycles. The summed E-state index contributed by atoms with van der Waals surface area (Å²) in [6.07, 6.45) is 0.183. The van der Waals surface area contributed by atoms with E-state index in [0.29, 0.717) is 17.0 Å². The Morgan fingerprint density at radius 2 is 1.70 bits per heavy atom. The predicted molar refractivity (Wildman–Crippen MR) is 108 cm³/mol. The molecule has 0 radical (unpaired) electrons. The molecule has 1 heterocycles. The number of aryl methyl sites for hydroxylation is 1. The van der Waals surface area contributed by atoms with Crippen molar-refractivity contribution in [1.29, 1.82) is 0 Å². The smallest absolute Gasteiger partial charge is 0.306 e. The van der Waals surface area contributed by atoms with Crippen LogP contribution in [0.1, 0.15) is 49.0 Å². The highest BCUT2D eigenvalue weighted by Gasteiger charge is 2.16. The van der Waals surface area contributed by atoms with Crippen molar-refractivity contribution in [3.63, 3.8) is 0 Å². The largest absolute Gasteiger partial charge is 0.457 e. The monoisotopic (exact) mass is 410 g/mol. The molecule has 0 aliphatic carbocycles. The van der Waals surface area contributed by atoms with Gasteiger partial charge in [0.25, 0.3) is 0 Å². The van der Waals surface area contributed by atoms with Crippen molar-refractivity contribution in [2.45, 2.75) is 39.0 Å². The lowest BCUT2D eigenvalue weighted by atomic mass is 9.86. The van der Waals surface area contributed by atoms with Gasteiger partial charge in [-0.3, -0.25) is 9.59 Å². The average molecular weight is 410 g/mol. The molecule has 1 aromatic heterocycles. The second-order valence-electron chi connectivity index (χ2n) is 7.93. The Kier molecular flexibility index (Phi) is 6.40. The summed E-state index contributed by atoms with van der Waals surface area (Å²) >= 11 is 0. The van der Waals surface area contributed by atoms with Crippen molar-refractivity contribution in [2.75, 3.05) is 6.61 Å². The number of benzene rings is 2. The van der Waals surface area contributed by atoms with Crippen LogP contribution in [-0.2, 0) is 21.4 Å². The second-order valence-corrected chi connectivity index (χ2v) is 7.93. The van der Waals surface area contributed by atoms with E-state index in [9.17, 15) is 14.0 Å². The van der Waals surface area contributed by atoms with Crippen LogP contribution >= 0.6 is 0 Å². The number of carbonyl (C=O) groups excluding carboxylic acids is 2. The van der Waals surface area contributed by atoms with Crippen LogP contribution in [0, 0.1) is 5.82 Å². The molecule has 0 saturated heterocycles. The predicted octanol–water partition coefficient (Wildman–Crippen LogP) is 4.53. The molecule has 156 valence electrons. The van der Waals surface area contributed by atoms with Gasteiger partial charge in [0.15, 0.2) is 12.4 Å². The molecular formula is C23H23FN2O4. The third-order valence-corrected chi connectivity index (χ3v) is 4.55. The highest BCUT2D eigenvalue weighted by atomic mass is 19.1. The van der Waals surface area contributed by atoms with Crippen LogP contribution < -0.4 is 0 Å². The lowest BCUT2D eigenvalue weighted by Crippen LogP contribution is -2.15. The average Bonchev–Trinajstić information content (AvgIpc) is 3.19. The van der Waals surface area contributed by atoms with Crippen molar-refractivity contribution >= 4 is 11.8 Å². The van der Waals surface area contributed by atoms with Crippen LogP contribution in [0.15, 0.2) is 53.1 Å².